The number of rotatable bonds is 3. The van der Waals surface area contributed by atoms with Gasteiger partial charge in [-0.2, -0.15) is 0 Å². The average molecular weight is 308 g/mol. The minimum atomic E-state index is 0.506. The maximum absolute atomic E-state index is 5.97. The van der Waals surface area contributed by atoms with Gasteiger partial charge in [0.15, 0.2) is 0 Å². The lowest BCUT2D eigenvalue weighted by molar-refractivity contribution is 0.225. The van der Waals surface area contributed by atoms with Crippen LogP contribution in [0.5, 0.6) is 0 Å². The molecule has 0 unspecified atom stereocenters. The Morgan fingerprint density at radius 2 is 2.00 bits per heavy atom. The third-order valence-corrected chi connectivity index (χ3v) is 5.80. The van der Waals surface area contributed by atoms with Crippen molar-refractivity contribution in [3.8, 4) is 0 Å². The van der Waals surface area contributed by atoms with Crippen molar-refractivity contribution in [3.63, 3.8) is 0 Å². The lowest BCUT2D eigenvalue weighted by Crippen LogP contribution is -2.28. The van der Waals surface area contributed by atoms with Gasteiger partial charge in [-0.3, -0.25) is 0 Å². The average Bonchev–Trinajstić information content (AvgIpc) is 2.65. The summed E-state index contributed by atoms with van der Waals surface area (Å²) in [6, 6.07) is 4.21. The fraction of sp³-hybridized carbons (Fsp3) is 0.667. The molecule has 0 spiro atoms. The monoisotopic (exact) mass is 306 g/mol. The molecule has 0 aromatic carbocycles. The smallest absolute Gasteiger partial charge is 0.0931 e. The van der Waals surface area contributed by atoms with E-state index in [0.29, 0.717) is 5.41 Å². The molecule has 0 N–H and O–H groups in total. The van der Waals surface area contributed by atoms with Crippen LogP contribution in [0.2, 0.25) is 4.34 Å². The van der Waals surface area contributed by atoms with E-state index in [4.69, 9.17) is 11.6 Å². The molecule has 15 heavy (non-hydrogen) atoms. The Hall–Kier alpha value is 0.470. The van der Waals surface area contributed by atoms with E-state index < -0.39 is 0 Å². The van der Waals surface area contributed by atoms with Gasteiger partial charge in [0.05, 0.1) is 4.34 Å². The molecule has 0 atom stereocenters. The lowest BCUT2D eigenvalue weighted by atomic mass is 9.73. The Morgan fingerprint density at radius 1 is 1.27 bits per heavy atom. The zero-order chi connectivity index (χ0) is 10.7. The van der Waals surface area contributed by atoms with Gasteiger partial charge in [-0.05, 0) is 36.8 Å². The summed E-state index contributed by atoms with van der Waals surface area (Å²) in [5.74, 6) is 0. The van der Waals surface area contributed by atoms with Crippen LogP contribution < -0.4 is 0 Å². The lowest BCUT2D eigenvalue weighted by Gasteiger charge is -2.35. The van der Waals surface area contributed by atoms with E-state index >= 15 is 0 Å². The van der Waals surface area contributed by atoms with Crippen LogP contribution in [0.1, 0.15) is 37.0 Å². The second-order valence-electron chi connectivity index (χ2n) is 4.58. The van der Waals surface area contributed by atoms with Crippen molar-refractivity contribution in [1.82, 2.24) is 0 Å². The number of hydrogen-bond donors (Lipinski definition) is 0. The molecule has 84 valence electrons. The minimum Gasteiger partial charge on any atom is -0.128 e. The molecule has 1 heterocycles. The van der Waals surface area contributed by atoms with E-state index in [1.807, 2.05) is 6.07 Å². The van der Waals surface area contributed by atoms with E-state index in [0.717, 1.165) is 9.67 Å². The SMILES string of the molecule is Clc1ccc(CC2(CBr)CCCCC2)s1. The molecule has 0 nitrogen and oxygen atoms in total. The van der Waals surface area contributed by atoms with Gasteiger partial charge < -0.3 is 0 Å². The van der Waals surface area contributed by atoms with E-state index in [1.165, 1.54) is 43.4 Å². The molecule has 3 heteroatoms. The second-order valence-corrected chi connectivity index (χ2v) is 6.94. The summed E-state index contributed by atoms with van der Waals surface area (Å²) >= 11 is 11.4. The molecule has 1 aromatic rings. The number of thiophene rings is 1. The Labute approximate surface area is 109 Å². The Kier molecular flexibility index (Phi) is 4.14. The summed E-state index contributed by atoms with van der Waals surface area (Å²) in [6.07, 6.45) is 8.15. The van der Waals surface area contributed by atoms with Gasteiger partial charge in [-0.1, -0.05) is 46.8 Å². The van der Waals surface area contributed by atoms with Gasteiger partial charge in [-0.15, -0.1) is 11.3 Å². The second kappa shape index (κ2) is 5.20. The van der Waals surface area contributed by atoms with Gasteiger partial charge in [0, 0.05) is 10.2 Å². The van der Waals surface area contributed by atoms with E-state index in [9.17, 15) is 0 Å². The third kappa shape index (κ3) is 2.98. The van der Waals surface area contributed by atoms with Gasteiger partial charge in [0.1, 0.15) is 0 Å². The van der Waals surface area contributed by atoms with Crippen molar-refractivity contribution in [3.05, 3.63) is 21.3 Å². The largest absolute Gasteiger partial charge is 0.128 e. The molecule has 0 aliphatic heterocycles. The molecular formula is C12H16BrClS. The van der Waals surface area contributed by atoms with E-state index in [2.05, 4.69) is 22.0 Å². The third-order valence-electron chi connectivity index (χ3n) is 3.38. The standard InChI is InChI=1S/C12H16BrClS/c13-9-12(6-2-1-3-7-12)8-10-4-5-11(14)15-10/h4-5H,1-3,6-9H2. The number of hydrogen-bond acceptors (Lipinski definition) is 1. The van der Waals surface area contributed by atoms with Crippen molar-refractivity contribution < 1.29 is 0 Å². The molecule has 0 saturated heterocycles. The maximum atomic E-state index is 5.97. The maximum Gasteiger partial charge on any atom is 0.0931 e. The van der Waals surface area contributed by atoms with Gasteiger partial charge in [0.2, 0.25) is 0 Å². The molecule has 0 radical (unpaired) electrons. The highest BCUT2D eigenvalue weighted by atomic mass is 79.9. The van der Waals surface area contributed by atoms with Gasteiger partial charge >= 0.3 is 0 Å². The van der Waals surface area contributed by atoms with Crippen molar-refractivity contribution in [2.24, 2.45) is 5.41 Å². The first-order chi connectivity index (χ1) is 7.24. The highest BCUT2D eigenvalue weighted by Gasteiger charge is 2.31. The molecule has 1 aromatic heterocycles. The van der Waals surface area contributed by atoms with Crippen molar-refractivity contribution >= 4 is 38.9 Å². The van der Waals surface area contributed by atoms with Crippen LogP contribution in [-0.2, 0) is 6.42 Å². The Balaban J connectivity index is 2.06. The quantitative estimate of drug-likeness (QED) is 0.666. The van der Waals surface area contributed by atoms with Crippen LogP contribution >= 0.6 is 38.9 Å². The Bertz CT molecular complexity index is 315. The highest BCUT2D eigenvalue weighted by molar-refractivity contribution is 9.09. The van der Waals surface area contributed by atoms with Gasteiger partial charge in [-0.25, -0.2) is 0 Å². The van der Waals surface area contributed by atoms with Crippen LogP contribution in [-0.4, -0.2) is 5.33 Å². The normalized spacial score (nSPS) is 20.4. The predicted molar refractivity (Wildman–Crippen MR) is 72.3 cm³/mol. The first-order valence-corrected chi connectivity index (χ1v) is 7.86. The first-order valence-electron chi connectivity index (χ1n) is 5.54. The zero-order valence-corrected chi connectivity index (χ0v) is 11.9. The molecule has 0 bridgehead atoms. The van der Waals surface area contributed by atoms with Gasteiger partial charge in [0.25, 0.3) is 0 Å². The molecule has 0 amide bonds. The molecule has 1 aliphatic rings. The zero-order valence-electron chi connectivity index (χ0n) is 8.77. The van der Waals surface area contributed by atoms with Crippen molar-refractivity contribution in [1.29, 1.82) is 0 Å². The van der Waals surface area contributed by atoms with Crippen molar-refractivity contribution in [2.75, 3.05) is 5.33 Å². The molecule has 1 saturated carbocycles. The first kappa shape index (κ1) is 11.9. The van der Waals surface area contributed by atoms with Crippen LogP contribution in [0.15, 0.2) is 12.1 Å². The van der Waals surface area contributed by atoms with Crippen molar-refractivity contribution in [2.45, 2.75) is 38.5 Å². The molecule has 1 fully saturated rings. The van der Waals surface area contributed by atoms with Crippen LogP contribution in [0, 0.1) is 5.41 Å². The highest BCUT2D eigenvalue weighted by Crippen LogP contribution is 2.42. The van der Waals surface area contributed by atoms with Crippen LogP contribution in [0.4, 0.5) is 0 Å². The fourth-order valence-corrected chi connectivity index (χ4v) is 4.50. The number of alkyl halides is 1. The summed E-state index contributed by atoms with van der Waals surface area (Å²) in [5, 5.41) is 1.13. The van der Waals surface area contributed by atoms with E-state index in [1.54, 1.807) is 11.3 Å². The summed E-state index contributed by atoms with van der Waals surface area (Å²) in [4.78, 5) is 1.45. The van der Waals surface area contributed by atoms with E-state index in [-0.39, 0.29) is 0 Å². The van der Waals surface area contributed by atoms with Crippen LogP contribution in [0.25, 0.3) is 0 Å². The topological polar surface area (TPSA) is 0 Å². The minimum absolute atomic E-state index is 0.506. The summed E-state index contributed by atoms with van der Waals surface area (Å²) in [6.45, 7) is 0. The molecule has 1 aliphatic carbocycles. The molecule has 2 rings (SSSR count). The van der Waals surface area contributed by atoms with Crippen LogP contribution in [0.3, 0.4) is 0 Å². The molecular weight excluding hydrogens is 292 g/mol. The summed E-state index contributed by atoms with van der Waals surface area (Å²) in [7, 11) is 0. The summed E-state index contributed by atoms with van der Waals surface area (Å²) < 4.78 is 0.922. The number of halogens is 2. The summed E-state index contributed by atoms with van der Waals surface area (Å²) in [5.41, 5.74) is 0.506. The fourth-order valence-electron chi connectivity index (χ4n) is 2.48. The predicted octanol–water partition coefficient (Wildman–Crippen LogP) is 5.29. The Morgan fingerprint density at radius 3 is 2.53 bits per heavy atom.